The lowest BCUT2D eigenvalue weighted by atomic mass is 9.92. The molecule has 0 aromatic heterocycles. The number of benzene rings is 1. The maximum absolute atomic E-state index is 14.1. The maximum Gasteiger partial charge on any atom is 0.408 e. The Morgan fingerprint density at radius 2 is 2.05 bits per heavy atom. The smallest absolute Gasteiger partial charge is 0.408 e. The Bertz CT molecular complexity index is 641. The first-order chi connectivity index (χ1) is 10.1. The van der Waals surface area contributed by atoms with Crippen LogP contribution in [0.25, 0.3) is 0 Å². The number of carboxylic acids is 1. The first-order valence-corrected chi connectivity index (χ1v) is 7.58. The third kappa shape index (κ3) is 2.95. The van der Waals surface area contributed by atoms with E-state index in [1.165, 1.54) is 12.1 Å². The molecule has 1 aromatic carbocycles. The summed E-state index contributed by atoms with van der Waals surface area (Å²) in [6.07, 6.45) is -0.543. The van der Waals surface area contributed by atoms with Gasteiger partial charge in [0.25, 0.3) is 0 Å². The van der Waals surface area contributed by atoms with Crippen molar-refractivity contribution in [2.75, 3.05) is 0 Å². The summed E-state index contributed by atoms with van der Waals surface area (Å²) in [5, 5.41) is 12.0. The third-order valence-corrected chi connectivity index (χ3v) is 4.10. The van der Waals surface area contributed by atoms with Crippen LogP contribution in [0.15, 0.2) is 16.6 Å². The summed E-state index contributed by atoms with van der Waals surface area (Å²) in [5.74, 6) is -1.73. The van der Waals surface area contributed by atoms with Crippen LogP contribution in [-0.4, -0.2) is 22.8 Å². The number of ether oxygens (including phenoxy) is 1. The van der Waals surface area contributed by atoms with E-state index in [0.717, 1.165) is 0 Å². The molecule has 22 heavy (non-hydrogen) atoms. The summed E-state index contributed by atoms with van der Waals surface area (Å²) in [4.78, 5) is 23.8. The standard InChI is InChI=1S/C15H17BrFNO4/c1-14(2,3)22-13(21)18-15(12(19)20)7-6-8-9(15)4-5-10(16)11(8)17/h4-5H,6-7H2,1-3H3,(H,18,21)(H,19,20). The molecule has 0 fully saturated rings. The van der Waals surface area contributed by atoms with Crippen molar-refractivity contribution >= 4 is 28.0 Å². The molecule has 1 aliphatic rings. The Kier molecular flexibility index (Phi) is 4.21. The summed E-state index contributed by atoms with van der Waals surface area (Å²) < 4.78 is 19.5. The lowest BCUT2D eigenvalue weighted by molar-refractivity contribution is -0.145. The van der Waals surface area contributed by atoms with E-state index in [2.05, 4.69) is 21.2 Å². The predicted molar refractivity (Wildman–Crippen MR) is 81.1 cm³/mol. The molecule has 1 aliphatic carbocycles. The van der Waals surface area contributed by atoms with Crippen molar-refractivity contribution in [1.82, 2.24) is 5.32 Å². The molecular weight excluding hydrogens is 357 g/mol. The van der Waals surface area contributed by atoms with Gasteiger partial charge < -0.3 is 15.2 Å². The fourth-order valence-corrected chi connectivity index (χ4v) is 2.94. The average Bonchev–Trinajstić information content (AvgIpc) is 2.72. The molecule has 0 spiro atoms. The third-order valence-electron chi connectivity index (χ3n) is 3.49. The van der Waals surface area contributed by atoms with E-state index in [4.69, 9.17) is 4.74 Å². The molecule has 7 heteroatoms. The molecule has 2 N–H and O–H groups in total. The summed E-state index contributed by atoms with van der Waals surface area (Å²) in [5.41, 5.74) is -1.87. The number of carbonyl (C=O) groups excluding carboxylic acids is 1. The van der Waals surface area contributed by atoms with Gasteiger partial charge in [-0.2, -0.15) is 0 Å². The molecule has 1 amide bonds. The molecule has 0 aliphatic heterocycles. The second-order valence-corrected chi connectivity index (χ2v) is 7.08. The molecule has 0 saturated carbocycles. The molecule has 120 valence electrons. The van der Waals surface area contributed by atoms with Gasteiger partial charge in [-0.25, -0.2) is 14.0 Å². The molecule has 0 saturated heterocycles. The van der Waals surface area contributed by atoms with Crippen molar-refractivity contribution < 1.29 is 23.8 Å². The number of alkyl carbamates (subject to hydrolysis) is 1. The summed E-state index contributed by atoms with van der Waals surface area (Å²) >= 11 is 3.08. The Morgan fingerprint density at radius 1 is 1.41 bits per heavy atom. The Labute approximate surface area is 136 Å². The monoisotopic (exact) mass is 373 g/mol. The normalized spacial score (nSPS) is 20.4. The van der Waals surface area contributed by atoms with Gasteiger partial charge in [0.15, 0.2) is 5.54 Å². The van der Waals surface area contributed by atoms with Crippen molar-refractivity contribution in [2.24, 2.45) is 0 Å². The lowest BCUT2D eigenvalue weighted by Gasteiger charge is -2.29. The van der Waals surface area contributed by atoms with Crippen LogP contribution in [-0.2, 0) is 21.5 Å². The van der Waals surface area contributed by atoms with E-state index in [9.17, 15) is 19.1 Å². The number of nitrogens with one attached hydrogen (secondary N) is 1. The second-order valence-electron chi connectivity index (χ2n) is 6.22. The first-order valence-electron chi connectivity index (χ1n) is 6.79. The number of amides is 1. The van der Waals surface area contributed by atoms with Crippen LogP contribution in [0.3, 0.4) is 0 Å². The SMILES string of the molecule is CC(C)(C)OC(=O)NC1(C(=O)O)CCc2c1ccc(Br)c2F. The number of halogens is 2. The highest BCUT2D eigenvalue weighted by Crippen LogP contribution is 2.40. The van der Waals surface area contributed by atoms with Gasteiger partial charge in [-0.3, -0.25) is 0 Å². The second kappa shape index (κ2) is 5.53. The van der Waals surface area contributed by atoms with Gasteiger partial charge in [0.2, 0.25) is 0 Å². The maximum atomic E-state index is 14.1. The van der Waals surface area contributed by atoms with Crippen LogP contribution in [0.4, 0.5) is 9.18 Å². The van der Waals surface area contributed by atoms with Crippen molar-refractivity contribution in [2.45, 2.75) is 44.8 Å². The van der Waals surface area contributed by atoms with E-state index >= 15 is 0 Å². The van der Waals surface area contributed by atoms with E-state index in [1.807, 2.05) is 0 Å². The molecule has 0 heterocycles. The number of rotatable bonds is 2. The molecule has 1 unspecified atom stereocenters. The Morgan fingerprint density at radius 3 is 2.59 bits per heavy atom. The number of carbonyl (C=O) groups is 2. The van der Waals surface area contributed by atoms with Crippen LogP contribution < -0.4 is 5.32 Å². The molecule has 0 radical (unpaired) electrons. The predicted octanol–water partition coefficient (Wildman–Crippen LogP) is 3.34. The molecule has 0 bridgehead atoms. The summed E-state index contributed by atoms with van der Waals surface area (Å²) in [6, 6.07) is 2.95. The number of aliphatic carboxylic acids is 1. The molecule has 2 rings (SSSR count). The zero-order valence-corrected chi connectivity index (χ0v) is 14.1. The van der Waals surface area contributed by atoms with Crippen LogP contribution >= 0.6 is 15.9 Å². The molecule has 5 nitrogen and oxygen atoms in total. The zero-order valence-electron chi connectivity index (χ0n) is 12.5. The Hall–Kier alpha value is -1.63. The van der Waals surface area contributed by atoms with Gasteiger partial charge in [-0.1, -0.05) is 6.07 Å². The zero-order chi connectivity index (χ0) is 16.7. The van der Waals surface area contributed by atoms with Crippen LogP contribution in [0.5, 0.6) is 0 Å². The fourth-order valence-electron chi connectivity index (χ4n) is 2.57. The molecular formula is C15H17BrFNO4. The average molecular weight is 374 g/mol. The van der Waals surface area contributed by atoms with Gasteiger partial charge in [0, 0.05) is 0 Å². The fraction of sp³-hybridized carbons (Fsp3) is 0.467. The van der Waals surface area contributed by atoms with Crippen molar-refractivity contribution in [3.05, 3.63) is 33.5 Å². The quantitative estimate of drug-likeness (QED) is 0.833. The van der Waals surface area contributed by atoms with Crippen LogP contribution in [0.2, 0.25) is 0 Å². The highest BCUT2D eigenvalue weighted by Gasteiger charge is 2.48. The largest absolute Gasteiger partial charge is 0.479 e. The Balaban J connectivity index is 2.40. The number of fused-ring (bicyclic) bond motifs is 1. The van der Waals surface area contributed by atoms with Crippen molar-refractivity contribution in [1.29, 1.82) is 0 Å². The summed E-state index contributed by atoms with van der Waals surface area (Å²) in [6.45, 7) is 5.04. The topological polar surface area (TPSA) is 75.6 Å². The lowest BCUT2D eigenvalue weighted by Crippen LogP contribution is -2.51. The minimum absolute atomic E-state index is 0.0737. The molecule has 1 aromatic rings. The van der Waals surface area contributed by atoms with Gasteiger partial charge in [0.1, 0.15) is 11.4 Å². The van der Waals surface area contributed by atoms with Crippen molar-refractivity contribution in [3.8, 4) is 0 Å². The van der Waals surface area contributed by atoms with Gasteiger partial charge in [0.05, 0.1) is 4.47 Å². The van der Waals surface area contributed by atoms with E-state index < -0.39 is 29.0 Å². The number of carboxylic acid groups (broad SMARTS) is 1. The summed E-state index contributed by atoms with van der Waals surface area (Å²) in [7, 11) is 0. The number of hydrogen-bond acceptors (Lipinski definition) is 3. The van der Waals surface area contributed by atoms with E-state index in [-0.39, 0.29) is 22.9 Å². The van der Waals surface area contributed by atoms with Gasteiger partial charge >= 0.3 is 12.1 Å². The van der Waals surface area contributed by atoms with Crippen molar-refractivity contribution in [3.63, 3.8) is 0 Å². The van der Waals surface area contributed by atoms with E-state index in [0.29, 0.717) is 5.56 Å². The number of hydrogen-bond donors (Lipinski definition) is 2. The highest BCUT2D eigenvalue weighted by molar-refractivity contribution is 9.10. The first kappa shape index (κ1) is 16.7. The minimum atomic E-state index is -1.67. The van der Waals surface area contributed by atoms with Crippen LogP contribution in [0, 0.1) is 5.82 Å². The molecule has 1 atom stereocenters. The van der Waals surface area contributed by atoms with Crippen LogP contribution in [0.1, 0.15) is 38.3 Å². The van der Waals surface area contributed by atoms with E-state index in [1.54, 1.807) is 20.8 Å². The van der Waals surface area contributed by atoms with Gasteiger partial charge in [-0.15, -0.1) is 0 Å². The highest BCUT2D eigenvalue weighted by atomic mass is 79.9. The minimum Gasteiger partial charge on any atom is -0.479 e. The van der Waals surface area contributed by atoms with Gasteiger partial charge in [-0.05, 0) is 66.7 Å².